The molecule has 2 aliphatic carbocycles. The van der Waals surface area contributed by atoms with E-state index in [1.807, 2.05) is 52.1 Å². The summed E-state index contributed by atoms with van der Waals surface area (Å²) in [6.45, 7) is 4.43. The number of ketones is 2. The van der Waals surface area contributed by atoms with Crippen LogP contribution in [0.15, 0.2) is 73.3 Å². The number of rotatable bonds is 23. The van der Waals surface area contributed by atoms with Crippen molar-refractivity contribution in [1.82, 2.24) is 25.1 Å². The number of benzene rings is 2. The van der Waals surface area contributed by atoms with Crippen molar-refractivity contribution >= 4 is 46.6 Å². The van der Waals surface area contributed by atoms with E-state index in [9.17, 15) is 45.5 Å². The van der Waals surface area contributed by atoms with Crippen molar-refractivity contribution in [1.29, 1.82) is 0 Å². The van der Waals surface area contributed by atoms with E-state index < -0.39 is 53.3 Å². The summed E-state index contributed by atoms with van der Waals surface area (Å²) in [6, 6.07) is 13.7. The van der Waals surface area contributed by atoms with Gasteiger partial charge in [0.25, 0.3) is 0 Å². The molecule has 4 N–H and O–H groups in total. The second-order valence-electron chi connectivity index (χ2n) is 19.4. The molecule has 0 bridgehead atoms. The Morgan fingerprint density at radius 1 is 0.680 bits per heavy atom. The van der Waals surface area contributed by atoms with Gasteiger partial charge < -0.3 is 35.4 Å². The van der Waals surface area contributed by atoms with Crippen molar-refractivity contribution in [3.8, 4) is 11.5 Å². The highest BCUT2D eigenvalue weighted by molar-refractivity contribution is 6.32. The van der Waals surface area contributed by atoms with Crippen molar-refractivity contribution in [2.75, 3.05) is 55.5 Å². The molecule has 21 heteroatoms. The number of hydrogen-bond acceptors (Lipinski definition) is 11. The normalized spacial score (nSPS) is 16.0. The maximum atomic E-state index is 14.0. The van der Waals surface area contributed by atoms with Crippen LogP contribution in [0.3, 0.4) is 0 Å². The standard InChI is InChI=1S/C27H33ClF3N3O3.C14H21ClN2O.C13H14F3NO3/c1-5-24(35)18-7-6-17(23(28)12-18)10-20(34(2)3)15-33-25(36)13-22(26(8-9-26)27(29,30)31)19-11-21(37-4)16-32-14-19;1-4-14(18)11-6-5-10(13(15)8-11)7-12(9-16)17(2)3;1-20-9-4-8(6-17-7-9)10(5-11(18)19)12(2-3-12)13(14,15)16/h6-7,11-12,14,16,20,22H,5,8-10,13,15H2,1-4H3,(H,33,36);5-6,8,12H,4,7,9,16H2,1-3H3;4,6-7,10H,2-3,5H2,1H3,(H,18,19)/t20-,22?;12-;/m00./s1. The first-order chi connectivity index (χ1) is 35.2. The monoisotopic (exact) mass is 1100 g/mol. The Hall–Kier alpha value is -5.34. The second kappa shape index (κ2) is 27.1. The SMILES string of the molecule is CCC(=O)c1ccc(C[C@@H](CN)N(C)C)c(Cl)c1.CCC(=O)c1ccc(C[C@@H](CNC(=O)CC(c2cncc(OC)c2)C2(C(F)(F)F)CC2)N(C)C)c(Cl)c1.COc1cncc(C(CC(=O)O)C2(C(F)(F)F)CC2)c1. The highest BCUT2D eigenvalue weighted by atomic mass is 35.5. The molecule has 4 atom stereocenters. The average molecular weight is 1100 g/mol. The summed E-state index contributed by atoms with van der Waals surface area (Å²) in [6.07, 6.45) is -2.29. The highest BCUT2D eigenvalue weighted by Gasteiger charge is 2.68. The Morgan fingerprint density at radius 2 is 1.08 bits per heavy atom. The number of amides is 1. The number of carbonyl (C=O) groups is 4. The zero-order valence-corrected chi connectivity index (χ0v) is 45.0. The number of nitrogens with two attached hydrogens (primary N) is 1. The molecule has 0 aliphatic heterocycles. The lowest BCUT2D eigenvalue weighted by atomic mass is 9.80. The van der Waals surface area contributed by atoms with Crippen molar-refractivity contribution in [3.05, 3.63) is 117 Å². The highest BCUT2D eigenvalue weighted by Crippen LogP contribution is 2.67. The van der Waals surface area contributed by atoms with Crippen LogP contribution in [0.5, 0.6) is 11.5 Å². The van der Waals surface area contributed by atoms with Gasteiger partial charge in [-0.1, -0.05) is 61.3 Å². The van der Waals surface area contributed by atoms with Crippen LogP contribution in [0.25, 0.3) is 0 Å². The first kappa shape index (κ1) is 62.2. The first-order valence-corrected chi connectivity index (χ1v) is 25.2. The van der Waals surface area contributed by atoms with Gasteiger partial charge in [-0.3, -0.25) is 29.1 Å². The number of likely N-dealkylation sites (N-methyl/N-ethyl adjacent to an activating group) is 2. The molecule has 412 valence electrons. The van der Waals surface area contributed by atoms with E-state index in [4.69, 9.17) is 43.5 Å². The number of aromatic nitrogens is 2. The molecule has 2 heterocycles. The molecular weight excluding hydrogens is 1030 g/mol. The number of hydrogen-bond donors (Lipinski definition) is 3. The number of alkyl halides is 6. The molecule has 0 radical (unpaired) electrons. The number of carboxylic acid groups (broad SMARTS) is 1. The molecule has 2 fully saturated rings. The van der Waals surface area contributed by atoms with E-state index in [0.717, 1.165) is 17.5 Å². The molecule has 1 amide bonds. The summed E-state index contributed by atoms with van der Waals surface area (Å²) in [5.41, 5.74) is 5.51. The molecule has 6 rings (SSSR count). The zero-order chi connectivity index (χ0) is 56.1. The molecule has 0 spiro atoms. The van der Waals surface area contributed by atoms with Gasteiger partial charge >= 0.3 is 18.3 Å². The number of nitrogens with one attached hydrogen (secondary N) is 1. The van der Waals surface area contributed by atoms with Crippen molar-refractivity contribution in [3.63, 3.8) is 0 Å². The van der Waals surface area contributed by atoms with E-state index in [1.54, 1.807) is 31.2 Å². The summed E-state index contributed by atoms with van der Waals surface area (Å²) >= 11 is 12.6. The minimum absolute atomic E-state index is 0.00189. The number of carbonyl (C=O) groups excluding carboxylic acids is 3. The first-order valence-electron chi connectivity index (χ1n) is 24.5. The van der Waals surface area contributed by atoms with E-state index in [0.29, 0.717) is 64.0 Å². The van der Waals surface area contributed by atoms with Gasteiger partial charge in [-0.2, -0.15) is 26.3 Å². The van der Waals surface area contributed by atoms with Crippen LogP contribution in [0.2, 0.25) is 10.0 Å². The van der Waals surface area contributed by atoms with Crippen LogP contribution in [0.4, 0.5) is 26.3 Å². The predicted molar refractivity (Wildman–Crippen MR) is 276 cm³/mol. The van der Waals surface area contributed by atoms with Gasteiger partial charge in [-0.15, -0.1) is 0 Å². The third kappa shape index (κ3) is 16.6. The second-order valence-corrected chi connectivity index (χ2v) is 20.2. The maximum absolute atomic E-state index is 14.0. The van der Waals surface area contributed by atoms with Gasteiger partial charge in [0.2, 0.25) is 5.91 Å². The van der Waals surface area contributed by atoms with Crippen molar-refractivity contribution in [2.45, 2.75) is 114 Å². The Morgan fingerprint density at radius 3 is 1.40 bits per heavy atom. The number of nitrogens with zero attached hydrogens (tertiary/aromatic N) is 4. The summed E-state index contributed by atoms with van der Waals surface area (Å²) in [4.78, 5) is 59.3. The van der Waals surface area contributed by atoms with Gasteiger partial charge in [0.1, 0.15) is 11.5 Å². The number of pyridine rings is 2. The van der Waals surface area contributed by atoms with Gasteiger partial charge in [0, 0.05) is 89.8 Å². The quantitative estimate of drug-likeness (QED) is 0.0474. The number of Topliss-reactive ketones (excluding diaryl/α,β-unsaturated/α-hetero) is 2. The number of methoxy groups -OCH3 is 2. The Labute approximate surface area is 444 Å². The molecule has 13 nitrogen and oxygen atoms in total. The average Bonchev–Trinajstić information content (AvgIpc) is 4.32. The molecule has 2 aromatic carbocycles. The van der Waals surface area contributed by atoms with E-state index in [-0.39, 0.29) is 67.9 Å². The van der Waals surface area contributed by atoms with Gasteiger partial charge in [0.15, 0.2) is 11.6 Å². The Bertz CT molecular complexity index is 2570. The fraction of sp³-hybridized carbons (Fsp3) is 0.519. The smallest absolute Gasteiger partial charge is 0.395 e. The molecule has 2 saturated carbocycles. The lowest BCUT2D eigenvalue weighted by Crippen LogP contribution is -2.42. The predicted octanol–water partition coefficient (Wildman–Crippen LogP) is 10.8. The summed E-state index contributed by atoms with van der Waals surface area (Å²) < 4.78 is 91.9. The van der Waals surface area contributed by atoms with E-state index in [1.165, 1.54) is 51.1 Å². The van der Waals surface area contributed by atoms with Gasteiger partial charge in [-0.25, -0.2) is 0 Å². The van der Waals surface area contributed by atoms with Crippen LogP contribution in [0, 0.1) is 10.8 Å². The molecule has 4 aromatic rings. The lowest BCUT2D eigenvalue weighted by Gasteiger charge is -2.30. The number of carboxylic acids is 1. The molecule has 0 saturated heterocycles. The largest absolute Gasteiger partial charge is 0.495 e. The zero-order valence-electron chi connectivity index (χ0n) is 43.5. The van der Waals surface area contributed by atoms with Crippen LogP contribution in [-0.4, -0.2) is 128 Å². The van der Waals surface area contributed by atoms with Crippen LogP contribution in [-0.2, 0) is 22.4 Å². The van der Waals surface area contributed by atoms with Gasteiger partial charge in [0.05, 0.1) is 43.9 Å². The number of halogens is 8. The van der Waals surface area contributed by atoms with Gasteiger partial charge in [-0.05, 0) is 113 Å². The van der Waals surface area contributed by atoms with E-state index in [2.05, 4.69) is 20.2 Å². The Balaban J connectivity index is 0.000000269. The number of ether oxygens (including phenoxy) is 2. The summed E-state index contributed by atoms with van der Waals surface area (Å²) in [5, 5.41) is 12.8. The third-order valence-electron chi connectivity index (χ3n) is 14.1. The minimum atomic E-state index is -4.44. The Kier molecular flexibility index (Phi) is 22.5. The van der Waals surface area contributed by atoms with Crippen molar-refractivity contribution < 1.29 is 60.1 Å². The van der Waals surface area contributed by atoms with Crippen LogP contribution < -0.4 is 20.5 Å². The topological polar surface area (TPSA) is 177 Å². The van der Waals surface area contributed by atoms with Crippen LogP contribution in [0.1, 0.15) is 120 Å². The summed E-state index contributed by atoms with van der Waals surface area (Å²) in [5.74, 6) is -3.15. The fourth-order valence-corrected chi connectivity index (χ4v) is 9.45. The minimum Gasteiger partial charge on any atom is -0.495 e. The molecule has 2 unspecified atom stereocenters. The van der Waals surface area contributed by atoms with E-state index >= 15 is 0 Å². The molecule has 75 heavy (non-hydrogen) atoms. The maximum Gasteiger partial charge on any atom is 0.395 e. The molecule has 2 aliphatic rings. The number of aliphatic carboxylic acids is 1. The van der Waals surface area contributed by atoms with Crippen LogP contribution >= 0.6 is 23.2 Å². The molecule has 2 aromatic heterocycles. The molecular formula is C54H68Cl2F6N6O7. The fourth-order valence-electron chi connectivity index (χ4n) is 8.93. The third-order valence-corrected chi connectivity index (χ3v) is 14.8. The van der Waals surface area contributed by atoms with Crippen molar-refractivity contribution in [2.24, 2.45) is 16.6 Å². The lowest BCUT2D eigenvalue weighted by molar-refractivity contribution is -0.196. The summed E-state index contributed by atoms with van der Waals surface area (Å²) in [7, 11) is 10.5.